The topological polar surface area (TPSA) is 68.6 Å². The molecule has 7 heteroatoms. The summed E-state index contributed by atoms with van der Waals surface area (Å²) >= 11 is 0. The van der Waals surface area contributed by atoms with Crippen LogP contribution in [0.1, 0.15) is 42.6 Å². The number of furan rings is 1. The number of anilines is 1. The van der Waals surface area contributed by atoms with E-state index < -0.39 is 0 Å². The molecule has 7 nitrogen and oxygen atoms in total. The number of hydrogen-bond acceptors (Lipinski definition) is 5. The van der Waals surface area contributed by atoms with Crippen molar-refractivity contribution >= 4 is 22.9 Å². The second kappa shape index (κ2) is 12.7. The Kier molecular flexibility index (Phi) is 8.20. The number of H-pyrrole nitrogens is 1. The van der Waals surface area contributed by atoms with E-state index in [1.807, 2.05) is 30.3 Å². The number of benzene rings is 3. The van der Waals surface area contributed by atoms with E-state index in [2.05, 4.69) is 86.4 Å². The standard InChI is InChI=1S/C37H41N5O2/c43-35-37(26-29-10-3-1-4-11-29,20-24-41(35)27-30-12-5-2-6-13-30)19-23-40-21-17-31(18-22-40)42(28-32-14-9-25-44-32)36-38-33-15-7-8-16-34(33)39-36/h1-16,25,31H,17-24,26-28H2,(H,38,39). The predicted molar refractivity (Wildman–Crippen MR) is 174 cm³/mol. The SMILES string of the molecule is O=C1N(Cc2ccccc2)CCC1(CCN1CCC(N(Cc2ccco2)c2nc3ccccc3[nH]2)CC1)Cc1ccccc1. The lowest BCUT2D eigenvalue weighted by Gasteiger charge is -2.39. The third-order valence-electron chi connectivity index (χ3n) is 9.66. The molecule has 1 atom stereocenters. The molecule has 1 amide bonds. The van der Waals surface area contributed by atoms with Crippen molar-refractivity contribution in [1.82, 2.24) is 19.8 Å². The Morgan fingerprint density at radius 3 is 2.32 bits per heavy atom. The third kappa shape index (κ3) is 6.15. The van der Waals surface area contributed by atoms with Crippen LogP contribution < -0.4 is 4.90 Å². The highest BCUT2D eigenvalue weighted by Gasteiger charge is 2.46. The minimum atomic E-state index is -0.355. The zero-order chi connectivity index (χ0) is 29.8. The first-order valence-corrected chi connectivity index (χ1v) is 16.0. The van der Waals surface area contributed by atoms with E-state index in [1.165, 1.54) is 11.1 Å². The predicted octanol–water partition coefficient (Wildman–Crippen LogP) is 6.68. The molecule has 0 radical (unpaired) electrons. The summed E-state index contributed by atoms with van der Waals surface area (Å²) < 4.78 is 5.75. The number of aromatic nitrogens is 2. The summed E-state index contributed by atoms with van der Waals surface area (Å²) in [5.74, 6) is 2.16. The lowest BCUT2D eigenvalue weighted by molar-refractivity contribution is -0.137. The molecule has 2 saturated heterocycles. The van der Waals surface area contributed by atoms with Gasteiger partial charge in [-0.1, -0.05) is 72.8 Å². The van der Waals surface area contributed by atoms with Gasteiger partial charge in [-0.15, -0.1) is 0 Å². The Hall–Kier alpha value is -4.36. The van der Waals surface area contributed by atoms with Crippen molar-refractivity contribution in [1.29, 1.82) is 0 Å². The molecule has 0 spiro atoms. The van der Waals surface area contributed by atoms with Gasteiger partial charge in [0, 0.05) is 32.2 Å². The first-order chi connectivity index (χ1) is 21.6. The Bertz CT molecular complexity index is 1610. The number of carbonyl (C=O) groups is 1. The van der Waals surface area contributed by atoms with E-state index in [0.717, 1.165) is 81.0 Å². The zero-order valence-electron chi connectivity index (χ0n) is 25.3. The molecule has 2 aromatic heterocycles. The monoisotopic (exact) mass is 587 g/mol. The van der Waals surface area contributed by atoms with Gasteiger partial charge in [-0.25, -0.2) is 4.98 Å². The van der Waals surface area contributed by atoms with Gasteiger partial charge < -0.3 is 24.1 Å². The van der Waals surface area contributed by atoms with Crippen LogP contribution in [0, 0.1) is 5.41 Å². The lowest BCUT2D eigenvalue weighted by atomic mass is 9.77. The maximum absolute atomic E-state index is 14.1. The summed E-state index contributed by atoms with van der Waals surface area (Å²) in [4.78, 5) is 29.6. The Balaban J connectivity index is 1.03. The summed E-state index contributed by atoms with van der Waals surface area (Å²) in [5.41, 5.74) is 4.13. The first kappa shape index (κ1) is 28.4. The van der Waals surface area contributed by atoms with Gasteiger partial charge in [0.05, 0.1) is 29.3 Å². The van der Waals surface area contributed by atoms with Gasteiger partial charge in [-0.2, -0.15) is 0 Å². The molecule has 2 aliphatic heterocycles. The number of amides is 1. The minimum absolute atomic E-state index is 0.314. The van der Waals surface area contributed by atoms with Gasteiger partial charge in [0.1, 0.15) is 5.76 Å². The molecule has 2 fully saturated rings. The molecule has 1 N–H and O–H groups in total. The molecule has 3 aromatic carbocycles. The number of fused-ring (bicyclic) bond motifs is 1. The summed E-state index contributed by atoms with van der Waals surface area (Å²) in [6.45, 7) is 5.14. The molecule has 226 valence electrons. The van der Waals surface area contributed by atoms with Crippen molar-refractivity contribution in [2.45, 2.75) is 51.2 Å². The van der Waals surface area contributed by atoms with Crippen molar-refractivity contribution in [2.75, 3.05) is 31.1 Å². The minimum Gasteiger partial charge on any atom is -0.467 e. The summed E-state index contributed by atoms with van der Waals surface area (Å²) in [6, 6.07) is 33.5. The van der Waals surface area contributed by atoms with Crippen LogP contribution in [-0.4, -0.2) is 57.9 Å². The number of carbonyl (C=O) groups excluding carboxylic acids is 1. The highest BCUT2D eigenvalue weighted by molar-refractivity contribution is 5.85. The number of rotatable bonds is 11. The van der Waals surface area contributed by atoms with Crippen LogP contribution in [0.2, 0.25) is 0 Å². The maximum atomic E-state index is 14.1. The smallest absolute Gasteiger partial charge is 0.229 e. The molecule has 44 heavy (non-hydrogen) atoms. The maximum Gasteiger partial charge on any atom is 0.229 e. The molecule has 2 aliphatic rings. The normalized spacial score (nSPS) is 19.6. The average molecular weight is 588 g/mol. The number of piperidine rings is 1. The number of hydrogen-bond donors (Lipinski definition) is 1. The number of nitrogens with one attached hydrogen (secondary N) is 1. The first-order valence-electron chi connectivity index (χ1n) is 16.0. The highest BCUT2D eigenvalue weighted by atomic mass is 16.3. The fraction of sp³-hybridized carbons (Fsp3) is 0.351. The number of nitrogens with zero attached hydrogens (tertiary/aromatic N) is 4. The summed E-state index contributed by atoms with van der Waals surface area (Å²) in [7, 11) is 0. The number of likely N-dealkylation sites (tertiary alicyclic amines) is 2. The fourth-order valence-electron chi connectivity index (χ4n) is 7.17. The molecular formula is C37H41N5O2. The van der Waals surface area contributed by atoms with Crippen LogP contribution in [0.15, 0.2) is 108 Å². The van der Waals surface area contributed by atoms with Crippen LogP contribution in [0.4, 0.5) is 5.95 Å². The Labute approximate surface area is 259 Å². The lowest BCUT2D eigenvalue weighted by Crippen LogP contribution is -2.46. The molecule has 0 aliphatic carbocycles. The summed E-state index contributed by atoms with van der Waals surface area (Å²) in [5, 5.41) is 0. The molecule has 1 unspecified atom stereocenters. The van der Waals surface area contributed by atoms with Gasteiger partial charge in [-0.3, -0.25) is 4.79 Å². The van der Waals surface area contributed by atoms with Crippen molar-refractivity contribution in [3.63, 3.8) is 0 Å². The fourth-order valence-corrected chi connectivity index (χ4v) is 7.17. The second-order valence-electron chi connectivity index (χ2n) is 12.5. The van der Waals surface area contributed by atoms with Crippen LogP contribution in [0.3, 0.4) is 0 Å². The van der Waals surface area contributed by atoms with Crippen LogP contribution >= 0.6 is 0 Å². The van der Waals surface area contributed by atoms with Crippen molar-refractivity contribution in [3.8, 4) is 0 Å². The van der Waals surface area contributed by atoms with Crippen molar-refractivity contribution in [3.05, 3.63) is 120 Å². The number of para-hydroxylation sites is 2. The third-order valence-corrected chi connectivity index (χ3v) is 9.66. The van der Waals surface area contributed by atoms with E-state index in [-0.39, 0.29) is 5.41 Å². The second-order valence-corrected chi connectivity index (χ2v) is 12.5. The van der Waals surface area contributed by atoms with E-state index in [0.29, 0.717) is 25.0 Å². The van der Waals surface area contributed by atoms with E-state index in [1.54, 1.807) is 6.26 Å². The van der Waals surface area contributed by atoms with Crippen LogP contribution in [0.25, 0.3) is 11.0 Å². The van der Waals surface area contributed by atoms with Crippen molar-refractivity contribution in [2.24, 2.45) is 5.41 Å². The molecule has 0 bridgehead atoms. The van der Waals surface area contributed by atoms with Gasteiger partial charge >= 0.3 is 0 Å². The van der Waals surface area contributed by atoms with E-state index in [9.17, 15) is 4.79 Å². The van der Waals surface area contributed by atoms with Gasteiger partial charge in [0.2, 0.25) is 11.9 Å². The van der Waals surface area contributed by atoms with Gasteiger partial charge in [0.15, 0.2) is 0 Å². The van der Waals surface area contributed by atoms with Gasteiger partial charge in [-0.05, 0) is 74.0 Å². The van der Waals surface area contributed by atoms with Gasteiger partial charge in [0.25, 0.3) is 0 Å². The molecule has 5 aromatic rings. The Morgan fingerprint density at radius 2 is 1.59 bits per heavy atom. The highest BCUT2D eigenvalue weighted by Crippen LogP contribution is 2.40. The Morgan fingerprint density at radius 1 is 0.864 bits per heavy atom. The number of aromatic amines is 1. The molecule has 0 saturated carbocycles. The van der Waals surface area contributed by atoms with Crippen LogP contribution in [0.5, 0.6) is 0 Å². The largest absolute Gasteiger partial charge is 0.467 e. The molecule has 4 heterocycles. The van der Waals surface area contributed by atoms with Crippen molar-refractivity contribution < 1.29 is 9.21 Å². The molecular weight excluding hydrogens is 546 g/mol. The van der Waals surface area contributed by atoms with E-state index in [4.69, 9.17) is 9.40 Å². The quantitative estimate of drug-likeness (QED) is 0.187. The molecule has 7 rings (SSSR count). The van der Waals surface area contributed by atoms with Crippen LogP contribution in [-0.2, 0) is 24.3 Å². The zero-order valence-corrected chi connectivity index (χ0v) is 25.3. The summed E-state index contributed by atoms with van der Waals surface area (Å²) in [6.07, 6.45) is 6.42. The average Bonchev–Trinajstić information content (AvgIpc) is 3.81. The number of imidazole rings is 1. The van der Waals surface area contributed by atoms with E-state index >= 15 is 0 Å².